The lowest BCUT2D eigenvalue weighted by atomic mass is 10.2. The molecule has 0 spiro atoms. The molecule has 0 radical (unpaired) electrons. The zero-order valence-electron chi connectivity index (χ0n) is 9.51. The van der Waals surface area contributed by atoms with E-state index in [4.69, 9.17) is 5.73 Å². The molecule has 84 valence electrons. The molecule has 1 heterocycles. The first kappa shape index (κ1) is 10.6. The standard InChI is InChI=1S/C11H15N5/c1-3-4-11-13-14-15-16(11)9-5-6-10(12)8(2)7-9/h5-7H,3-4,12H2,1-2H3. The molecular formula is C11H15N5. The number of nitrogen functional groups attached to an aromatic ring is 1. The monoisotopic (exact) mass is 217 g/mol. The Morgan fingerprint density at radius 3 is 2.88 bits per heavy atom. The molecule has 1 aromatic heterocycles. The van der Waals surface area contributed by atoms with E-state index in [1.807, 2.05) is 25.1 Å². The molecule has 16 heavy (non-hydrogen) atoms. The first-order chi connectivity index (χ1) is 7.72. The van der Waals surface area contributed by atoms with Gasteiger partial charge in [-0.25, -0.2) is 0 Å². The number of tetrazole rings is 1. The molecule has 0 aliphatic rings. The SMILES string of the molecule is CCCc1nnnn1-c1ccc(N)c(C)c1. The average molecular weight is 217 g/mol. The van der Waals surface area contributed by atoms with Crippen LogP contribution in [0, 0.1) is 6.92 Å². The van der Waals surface area contributed by atoms with Crippen LogP contribution in [0.4, 0.5) is 5.69 Å². The zero-order valence-corrected chi connectivity index (χ0v) is 9.51. The largest absolute Gasteiger partial charge is 0.399 e. The van der Waals surface area contributed by atoms with Crippen molar-refractivity contribution in [3.8, 4) is 5.69 Å². The molecule has 0 saturated heterocycles. The molecule has 0 aliphatic heterocycles. The quantitative estimate of drug-likeness (QED) is 0.791. The Bertz CT molecular complexity index is 489. The third-order valence-corrected chi connectivity index (χ3v) is 2.51. The van der Waals surface area contributed by atoms with E-state index in [2.05, 4.69) is 22.4 Å². The predicted molar refractivity (Wildman–Crippen MR) is 62.3 cm³/mol. The van der Waals surface area contributed by atoms with Crippen molar-refractivity contribution in [2.45, 2.75) is 26.7 Å². The molecular weight excluding hydrogens is 202 g/mol. The van der Waals surface area contributed by atoms with E-state index >= 15 is 0 Å². The number of benzene rings is 1. The van der Waals surface area contributed by atoms with Crippen molar-refractivity contribution < 1.29 is 0 Å². The van der Waals surface area contributed by atoms with Crippen LogP contribution in [0.2, 0.25) is 0 Å². The third kappa shape index (κ3) is 1.88. The van der Waals surface area contributed by atoms with Crippen LogP contribution in [0.3, 0.4) is 0 Å². The van der Waals surface area contributed by atoms with Gasteiger partial charge in [0.2, 0.25) is 0 Å². The molecule has 5 heteroatoms. The van der Waals surface area contributed by atoms with Gasteiger partial charge in [-0.05, 0) is 47.5 Å². The number of nitrogens with two attached hydrogens (primary N) is 1. The van der Waals surface area contributed by atoms with Gasteiger partial charge in [-0.2, -0.15) is 4.68 Å². The van der Waals surface area contributed by atoms with Crippen LogP contribution >= 0.6 is 0 Å². The van der Waals surface area contributed by atoms with Gasteiger partial charge >= 0.3 is 0 Å². The van der Waals surface area contributed by atoms with Crippen molar-refractivity contribution in [1.82, 2.24) is 20.2 Å². The highest BCUT2D eigenvalue weighted by Gasteiger charge is 2.07. The van der Waals surface area contributed by atoms with Gasteiger partial charge in [-0.3, -0.25) is 0 Å². The molecule has 0 aliphatic carbocycles. The maximum Gasteiger partial charge on any atom is 0.156 e. The van der Waals surface area contributed by atoms with E-state index in [1.54, 1.807) is 4.68 Å². The fraction of sp³-hybridized carbons (Fsp3) is 0.364. The summed E-state index contributed by atoms with van der Waals surface area (Å²) in [6.07, 6.45) is 1.89. The van der Waals surface area contributed by atoms with Gasteiger partial charge in [0, 0.05) is 12.1 Å². The Morgan fingerprint density at radius 2 is 2.19 bits per heavy atom. The minimum atomic E-state index is 0.786. The molecule has 1 aromatic carbocycles. The summed E-state index contributed by atoms with van der Waals surface area (Å²) >= 11 is 0. The average Bonchev–Trinajstić information content (AvgIpc) is 2.71. The topological polar surface area (TPSA) is 69.6 Å². The normalized spacial score (nSPS) is 10.6. The second-order valence-electron chi connectivity index (χ2n) is 3.80. The zero-order chi connectivity index (χ0) is 11.5. The Morgan fingerprint density at radius 1 is 1.38 bits per heavy atom. The van der Waals surface area contributed by atoms with E-state index in [0.29, 0.717) is 0 Å². The summed E-state index contributed by atoms with van der Waals surface area (Å²) in [7, 11) is 0. The lowest BCUT2D eigenvalue weighted by Gasteiger charge is -2.06. The highest BCUT2D eigenvalue weighted by Crippen LogP contribution is 2.16. The Labute approximate surface area is 94.3 Å². The van der Waals surface area contributed by atoms with Gasteiger partial charge in [0.15, 0.2) is 5.82 Å². The van der Waals surface area contributed by atoms with Crippen LogP contribution in [-0.2, 0) is 6.42 Å². The maximum atomic E-state index is 5.78. The first-order valence-electron chi connectivity index (χ1n) is 5.36. The molecule has 0 unspecified atom stereocenters. The summed E-state index contributed by atoms with van der Waals surface area (Å²) in [4.78, 5) is 0. The molecule has 5 nitrogen and oxygen atoms in total. The van der Waals surface area contributed by atoms with Crippen LogP contribution < -0.4 is 5.73 Å². The third-order valence-electron chi connectivity index (χ3n) is 2.51. The van der Waals surface area contributed by atoms with E-state index < -0.39 is 0 Å². The second kappa shape index (κ2) is 4.30. The molecule has 0 saturated carbocycles. The van der Waals surface area contributed by atoms with Crippen LogP contribution in [0.5, 0.6) is 0 Å². The van der Waals surface area contributed by atoms with Crippen molar-refractivity contribution in [3.05, 3.63) is 29.6 Å². The number of aromatic nitrogens is 4. The maximum absolute atomic E-state index is 5.78. The van der Waals surface area contributed by atoms with E-state index in [1.165, 1.54) is 0 Å². The summed E-state index contributed by atoms with van der Waals surface area (Å²) in [6.45, 7) is 4.08. The lowest BCUT2D eigenvalue weighted by Crippen LogP contribution is -2.04. The van der Waals surface area contributed by atoms with Crippen LogP contribution in [0.1, 0.15) is 24.7 Å². The number of nitrogens with zero attached hydrogens (tertiary/aromatic N) is 4. The van der Waals surface area contributed by atoms with Gasteiger partial charge in [-0.1, -0.05) is 6.92 Å². The highest BCUT2D eigenvalue weighted by atomic mass is 15.5. The Hall–Kier alpha value is -1.91. The molecule has 2 rings (SSSR count). The lowest BCUT2D eigenvalue weighted by molar-refractivity contribution is 0.745. The second-order valence-corrected chi connectivity index (χ2v) is 3.80. The molecule has 2 aromatic rings. The molecule has 0 atom stereocenters. The molecule has 2 N–H and O–H groups in total. The summed E-state index contributed by atoms with van der Waals surface area (Å²) in [5, 5.41) is 11.7. The van der Waals surface area contributed by atoms with E-state index in [9.17, 15) is 0 Å². The summed E-state index contributed by atoms with van der Waals surface area (Å²) < 4.78 is 1.76. The molecule has 0 fully saturated rings. The minimum Gasteiger partial charge on any atom is -0.399 e. The summed E-state index contributed by atoms with van der Waals surface area (Å²) in [5.41, 5.74) is 8.56. The summed E-state index contributed by atoms with van der Waals surface area (Å²) in [5.74, 6) is 0.881. The number of hydrogen-bond donors (Lipinski definition) is 1. The van der Waals surface area contributed by atoms with Gasteiger partial charge < -0.3 is 5.73 Å². The highest BCUT2D eigenvalue weighted by molar-refractivity contribution is 5.51. The summed E-state index contributed by atoms with van der Waals surface area (Å²) in [6, 6.07) is 5.80. The van der Waals surface area contributed by atoms with Gasteiger partial charge in [0.25, 0.3) is 0 Å². The number of hydrogen-bond acceptors (Lipinski definition) is 4. The minimum absolute atomic E-state index is 0.786. The fourth-order valence-corrected chi connectivity index (χ4v) is 1.58. The van der Waals surface area contributed by atoms with Gasteiger partial charge in [-0.15, -0.1) is 5.10 Å². The number of anilines is 1. The fourth-order valence-electron chi connectivity index (χ4n) is 1.58. The van der Waals surface area contributed by atoms with Gasteiger partial charge in [0.1, 0.15) is 0 Å². The van der Waals surface area contributed by atoms with Crippen LogP contribution in [0.25, 0.3) is 5.69 Å². The van der Waals surface area contributed by atoms with Gasteiger partial charge in [0.05, 0.1) is 5.69 Å². The van der Waals surface area contributed by atoms with Crippen molar-refractivity contribution in [2.75, 3.05) is 5.73 Å². The smallest absolute Gasteiger partial charge is 0.156 e. The Kier molecular flexibility index (Phi) is 2.85. The number of aryl methyl sites for hydroxylation is 2. The number of rotatable bonds is 3. The Balaban J connectivity index is 2.42. The van der Waals surface area contributed by atoms with Crippen molar-refractivity contribution in [2.24, 2.45) is 0 Å². The molecule has 0 bridgehead atoms. The molecule has 0 amide bonds. The van der Waals surface area contributed by atoms with Crippen molar-refractivity contribution in [1.29, 1.82) is 0 Å². The predicted octanol–water partition coefficient (Wildman–Crippen LogP) is 1.51. The van der Waals surface area contributed by atoms with Crippen LogP contribution in [-0.4, -0.2) is 20.2 Å². The van der Waals surface area contributed by atoms with Crippen LogP contribution in [0.15, 0.2) is 18.2 Å². The van der Waals surface area contributed by atoms with E-state index in [-0.39, 0.29) is 0 Å². The van der Waals surface area contributed by atoms with E-state index in [0.717, 1.165) is 35.6 Å². The first-order valence-corrected chi connectivity index (χ1v) is 5.36. The van der Waals surface area contributed by atoms with Crippen molar-refractivity contribution in [3.63, 3.8) is 0 Å². The van der Waals surface area contributed by atoms with Crippen molar-refractivity contribution >= 4 is 5.69 Å².